The average molecular weight is 239 g/mol. The minimum absolute atomic E-state index is 0.538. The van der Waals surface area contributed by atoms with Crippen LogP contribution in [-0.2, 0) is 4.74 Å². The molecule has 0 aromatic rings. The molecule has 2 heteroatoms. The van der Waals surface area contributed by atoms with Gasteiger partial charge in [-0.2, -0.15) is 0 Å². The topological polar surface area (TPSA) is 21.3 Å². The third-order valence-corrected chi connectivity index (χ3v) is 4.95. The first-order valence-corrected chi connectivity index (χ1v) is 7.62. The summed E-state index contributed by atoms with van der Waals surface area (Å²) in [6.07, 6.45) is 11.5. The minimum Gasteiger partial charge on any atom is -0.378 e. The molecule has 2 aliphatic rings. The van der Waals surface area contributed by atoms with E-state index in [9.17, 15) is 0 Å². The molecule has 2 unspecified atom stereocenters. The van der Waals surface area contributed by atoms with Crippen LogP contribution in [0.15, 0.2) is 0 Å². The summed E-state index contributed by atoms with van der Waals surface area (Å²) in [4.78, 5) is 0. The van der Waals surface area contributed by atoms with E-state index >= 15 is 0 Å². The lowest BCUT2D eigenvalue weighted by Crippen LogP contribution is -2.38. The van der Waals surface area contributed by atoms with Gasteiger partial charge in [0, 0.05) is 12.6 Å². The van der Waals surface area contributed by atoms with Crippen LogP contribution in [0.4, 0.5) is 0 Å². The summed E-state index contributed by atoms with van der Waals surface area (Å²) >= 11 is 0. The van der Waals surface area contributed by atoms with Crippen molar-refractivity contribution in [1.29, 1.82) is 0 Å². The van der Waals surface area contributed by atoms with Crippen molar-refractivity contribution in [2.75, 3.05) is 13.7 Å². The first-order chi connectivity index (χ1) is 8.33. The molecule has 0 radical (unpaired) electrons. The molecule has 100 valence electrons. The second-order valence-corrected chi connectivity index (χ2v) is 5.95. The molecule has 0 aromatic carbocycles. The molecule has 1 aliphatic carbocycles. The van der Waals surface area contributed by atoms with E-state index in [0.717, 1.165) is 18.4 Å². The van der Waals surface area contributed by atoms with E-state index in [-0.39, 0.29) is 0 Å². The normalized spacial score (nSPS) is 36.0. The highest BCUT2D eigenvalue weighted by molar-refractivity contribution is 4.84. The quantitative estimate of drug-likeness (QED) is 0.794. The Bertz CT molecular complexity index is 205. The van der Waals surface area contributed by atoms with Crippen molar-refractivity contribution in [2.24, 2.45) is 11.8 Å². The lowest BCUT2D eigenvalue weighted by molar-refractivity contribution is 0.0816. The second-order valence-electron chi connectivity index (χ2n) is 5.95. The van der Waals surface area contributed by atoms with Crippen LogP contribution < -0.4 is 5.32 Å². The molecule has 1 heterocycles. The van der Waals surface area contributed by atoms with Gasteiger partial charge in [0.25, 0.3) is 0 Å². The number of hydrogen-bond donors (Lipinski definition) is 1. The van der Waals surface area contributed by atoms with Gasteiger partial charge in [0.05, 0.1) is 6.10 Å². The zero-order chi connectivity index (χ0) is 12.1. The fourth-order valence-electron chi connectivity index (χ4n) is 3.66. The molecule has 2 fully saturated rings. The fourth-order valence-corrected chi connectivity index (χ4v) is 3.66. The molecule has 0 aromatic heterocycles. The summed E-state index contributed by atoms with van der Waals surface area (Å²) in [6.45, 7) is 3.33. The summed E-state index contributed by atoms with van der Waals surface area (Å²) in [6, 6.07) is 0.691. The first-order valence-electron chi connectivity index (χ1n) is 7.62. The van der Waals surface area contributed by atoms with Gasteiger partial charge in [-0.1, -0.05) is 26.2 Å². The molecule has 0 bridgehead atoms. The minimum atomic E-state index is 0.538. The highest BCUT2D eigenvalue weighted by atomic mass is 16.5. The van der Waals surface area contributed by atoms with E-state index < -0.39 is 0 Å². The van der Waals surface area contributed by atoms with Gasteiger partial charge in [0.15, 0.2) is 0 Å². The number of nitrogens with one attached hydrogen (secondary N) is 1. The van der Waals surface area contributed by atoms with Gasteiger partial charge in [0.2, 0.25) is 0 Å². The van der Waals surface area contributed by atoms with E-state index in [0.29, 0.717) is 12.1 Å². The highest BCUT2D eigenvalue weighted by Crippen LogP contribution is 2.34. The molecule has 2 atom stereocenters. The van der Waals surface area contributed by atoms with E-state index in [4.69, 9.17) is 4.74 Å². The Morgan fingerprint density at radius 1 is 1.18 bits per heavy atom. The molecule has 17 heavy (non-hydrogen) atoms. The Hall–Kier alpha value is -0.0800. The zero-order valence-electron chi connectivity index (χ0n) is 11.6. The molecular formula is C15H29NO. The van der Waals surface area contributed by atoms with Crippen LogP contribution in [0.25, 0.3) is 0 Å². The Balaban J connectivity index is 1.77. The van der Waals surface area contributed by atoms with Crippen LogP contribution >= 0.6 is 0 Å². The van der Waals surface area contributed by atoms with Crippen molar-refractivity contribution in [2.45, 2.75) is 70.4 Å². The van der Waals surface area contributed by atoms with E-state index in [2.05, 4.69) is 19.3 Å². The summed E-state index contributed by atoms with van der Waals surface area (Å²) in [7, 11) is 2.13. The lowest BCUT2D eigenvalue weighted by atomic mass is 9.76. The standard InChI is InChI=1S/C15H29NO/c1-3-12-6-8-13(9-7-12)15(16-2)11-14-5-4-10-17-14/h12-16H,3-11H2,1-2H3. The van der Waals surface area contributed by atoms with Crippen LogP contribution in [0.5, 0.6) is 0 Å². The monoisotopic (exact) mass is 239 g/mol. The van der Waals surface area contributed by atoms with E-state index in [1.165, 1.54) is 51.4 Å². The number of hydrogen-bond acceptors (Lipinski definition) is 2. The SMILES string of the molecule is CCC1CCC(C(CC2CCCO2)NC)CC1. The summed E-state index contributed by atoms with van der Waals surface area (Å²) in [5, 5.41) is 3.55. The first kappa shape index (κ1) is 13.4. The van der Waals surface area contributed by atoms with Gasteiger partial charge >= 0.3 is 0 Å². The van der Waals surface area contributed by atoms with Gasteiger partial charge in [0.1, 0.15) is 0 Å². The maximum absolute atomic E-state index is 5.78. The third kappa shape index (κ3) is 3.69. The molecule has 2 nitrogen and oxygen atoms in total. The smallest absolute Gasteiger partial charge is 0.0590 e. The second kappa shape index (κ2) is 6.75. The summed E-state index contributed by atoms with van der Waals surface area (Å²) < 4.78 is 5.78. The molecule has 1 saturated heterocycles. The molecular weight excluding hydrogens is 210 g/mol. The Labute approximate surface area is 107 Å². The maximum Gasteiger partial charge on any atom is 0.0590 e. The lowest BCUT2D eigenvalue weighted by Gasteiger charge is -2.34. The Kier molecular flexibility index (Phi) is 5.30. The highest BCUT2D eigenvalue weighted by Gasteiger charge is 2.29. The van der Waals surface area contributed by atoms with Gasteiger partial charge in [-0.05, 0) is 51.0 Å². The average Bonchev–Trinajstić information content (AvgIpc) is 2.89. The van der Waals surface area contributed by atoms with Crippen LogP contribution in [-0.4, -0.2) is 25.8 Å². The van der Waals surface area contributed by atoms with E-state index in [1.54, 1.807) is 0 Å². The van der Waals surface area contributed by atoms with Crippen LogP contribution in [0.1, 0.15) is 58.3 Å². The Morgan fingerprint density at radius 2 is 1.94 bits per heavy atom. The van der Waals surface area contributed by atoms with Crippen molar-refractivity contribution >= 4 is 0 Å². The van der Waals surface area contributed by atoms with Crippen molar-refractivity contribution in [1.82, 2.24) is 5.32 Å². The van der Waals surface area contributed by atoms with Crippen molar-refractivity contribution < 1.29 is 4.74 Å². The van der Waals surface area contributed by atoms with Gasteiger partial charge in [-0.3, -0.25) is 0 Å². The van der Waals surface area contributed by atoms with Crippen molar-refractivity contribution in [3.63, 3.8) is 0 Å². The fraction of sp³-hybridized carbons (Fsp3) is 1.00. The van der Waals surface area contributed by atoms with Crippen LogP contribution in [0.2, 0.25) is 0 Å². The largest absolute Gasteiger partial charge is 0.378 e. The number of rotatable bonds is 5. The molecule has 2 rings (SSSR count). The maximum atomic E-state index is 5.78. The molecule has 1 aliphatic heterocycles. The molecule has 0 spiro atoms. The van der Waals surface area contributed by atoms with E-state index in [1.807, 2.05) is 0 Å². The predicted octanol–water partition coefficient (Wildman–Crippen LogP) is 3.36. The van der Waals surface area contributed by atoms with Crippen molar-refractivity contribution in [3.8, 4) is 0 Å². The third-order valence-electron chi connectivity index (χ3n) is 4.95. The predicted molar refractivity (Wildman–Crippen MR) is 72.2 cm³/mol. The van der Waals surface area contributed by atoms with Crippen LogP contribution in [0.3, 0.4) is 0 Å². The molecule has 1 N–H and O–H groups in total. The van der Waals surface area contributed by atoms with Crippen molar-refractivity contribution in [3.05, 3.63) is 0 Å². The summed E-state index contributed by atoms with van der Waals surface area (Å²) in [5.41, 5.74) is 0. The molecule has 1 saturated carbocycles. The number of ether oxygens (including phenoxy) is 1. The molecule has 0 amide bonds. The van der Waals surface area contributed by atoms with Gasteiger partial charge in [-0.15, -0.1) is 0 Å². The van der Waals surface area contributed by atoms with Crippen LogP contribution in [0, 0.1) is 11.8 Å². The zero-order valence-corrected chi connectivity index (χ0v) is 11.6. The van der Waals surface area contributed by atoms with Gasteiger partial charge < -0.3 is 10.1 Å². The Morgan fingerprint density at radius 3 is 2.47 bits per heavy atom. The van der Waals surface area contributed by atoms with Gasteiger partial charge in [-0.25, -0.2) is 0 Å². The summed E-state index contributed by atoms with van der Waals surface area (Å²) in [5.74, 6) is 1.90.